The Kier molecular flexibility index (Phi) is 7.20. The molecule has 0 unspecified atom stereocenters. The number of ether oxygens (including phenoxy) is 1. The Bertz CT molecular complexity index is 818. The highest BCUT2D eigenvalue weighted by molar-refractivity contribution is 5.64. The molecule has 5 rings (SSSR count). The van der Waals surface area contributed by atoms with E-state index in [4.69, 9.17) is 4.74 Å². The summed E-state index contributed by atoms with van der Waals surface area (Å²) in [5.74, 6) is 0.944. The van der Waals surface area contributed by atoms with E-state index in [-0.39, 0.29) is 0 Å². The van der Waals surface area contributed by atoms with Crippen molar-refractivity contribution in [2.24, 2.45) is 5.41 Å². The lowest BCUT2D eigenvalue weighted by atomic mass is 9.51. The maximum absolute atomic E-state index is 5.85. The number of hydrogen-bond donors (Lipinski definition) is 0. The zero-order valence-corrected chi connectivity index (χ0v) is 19.7. The molecule has 0 amide bonds. The second-order valence-corrected chi connectivity index (χ2v) is 10.1. The smallest absolute Gasteiger partial charge is 0.119 e. The van der Waals surface area contributed by atoms with Gasteiger partial charge in [-0.3, -0.25) is 0 Å². The SMILES string of the molecule is CCCCC=CCOc1ccc(-c2ccc(C34CCC(CCC)(CC3)CC4)cc2)cc1. The van der Waals surface area contributed by atoms with Gasteiger partial charge in [0.05, 0.1) is 0 Å². The van der Waals surface area contributed by atoms with Crippen LogP contribution in [0.4, 0.5) is 0 Å². The van der Waals surface area contributed by atoms with E-state index >= 15 is 0 Å². The van der Waals surface area contributed by atoms with E-state index in [1.54, 1.807) is 5.56 Å². The van der Waals surface area contributed by atoms with Crippen LogP contribution in [0.5, 0.6) is 5.75 Å². The third-order valence-electron chi connectivity index (χ3n) is 8.10. The molecular formula is C30H40O. The summed E-state index contributed by atoms with van der Waals surface area (Å²) in [6, 6.07) is 18.1. The highest BCUT2D eigenvalue weighted by Crippen LogP contribution is 2.59. The summed E-state index contributed by atoms with van der Waals surface area (Å²) in [6.07, 6.45) is 19.3. The van der Waals surface area contributed by atoms with Gasteiger partial charge in [-0.2, -0.15) is 0 Å². The summed E-state index contributed by atoms with van der Waals surface area (Å²) in [5, 5.41) is 0. The molecule has 2 aromatic rings. The van der Waals surface area contributed by atoms with Crippen LogP contribution >= 0.6 is 0 Å². The van der Waals surface area contributed by atoms with Crippen LogP contribution in [0.1, 0.15) is 90.0 Å². The molecule has 3 fully saturated rings. The fourth-order valence-corrected chi connectivity index (χ4v) is 6.01. The molecule has 0 atom stereocenters. The highest BCUT2D eigenvalue weighted by atomic mass is 16.5. The van der Waals surface area contributed by atoms with E-state index in [0.29, 0.717) is 17.4 Å². The number of unbranched alkanes of at least 4 members (excludes halogenated alkanes) is 2. The molecule has 0 aliphatic heterocycles. The van der Waals surface area contributed by atoms with Crippen molar-refractivity contribution in [1.29, 1.82) is 0 Å². The van der Waals surface area contributed by atoms with Gasteiger partial charge in [-0.25, -0.2) is 0 Å². The van der Waals surface area contributed by atoms with Crippen LogP contribution in [0, 0.1) is 5.41 Å². The van der Waals surface area contributed by atoms with E-state index in [0.717, 1.165) is 12.2 Å². The number of rotatable bonds is 10. The van der Waals surface area contributed by atoms with Gasteiger partial charge in [0.1, 0.15) is 12.4 Å². The molecule has 3 saturated carbocycles. The first kappa shape index (κ1) is 22.2. The van der Waals surface area contributed by atoms with Crippen molar-refractivity contribution >= 4 is 0 Å². The molecule has 2 bridgehead atoms. The van der Waals surface area contributed by atoms with Crippen molar-refractivity contribution in [2.45, 2.75) is 89.9 Å². The summed E-state index contributed by atoms with van der Waals surface area (Å²) in [6.45, 7) is 5.23. The fraction of sp³-hybridized carbons (Fsp3) is 0.533. The molecule has 0 N–H and O–H groups in total. The molecular weight excluding hydrogens is 376 g/mol. The minimum absolute atomic E-state index is 0.455. The van der Waals surface area contributed by atoms with Gasteiger partial charge in [-0.15, -0.1) is 0 Å². The minimum Gasteiger partial charge on any atom is -0.490 e. The van der Waals surface area contributed by atoms with Crippen LogP contribution in [-0.2, 0) is 5.41 Å². The maximum atomic E-state index is 5.85. The average molecular weight is 417 g/mol. The molecule has 31 heavy (non-hydrogen) atoms. The van der Waals surface area contributed by atoms with Crippen LogP contribution in [-0.4, -0.2) is 6.61 Å². The lowest BCUT2D eigenvalue weighted by Crippen LogP contribution is -2.44. The second kappa shape index (κ2) is 10.1. The zero-order chi connectivity index (χ0) is 21.6. The van der Waals surface area contributed by atoms with E-state index in [2.05, 4.69) is 74.5 Å². The van der Waals surface area contributed by atoms with Gasteiger partial charge in [-0.1, -0.05) is 81.7 Å². The van der Waals surface area contributed by atoms with Crippen LogP contribution in [0.25, 0.3) is 11.1 Å². The van der Waals surface area contributed by atoms with Crippen molar-refractivity contribution in [3.05, 3.63) is 66.2 Å². The molecule has 3 aliphatic carbocycles. The van der Waals surface area contributed by atoms with Crippen molar-refractivity contribution in [3.63, 3.8) is 0 Å². The Morgan fingerprint density at radius 3 is 1.94 bits per heavy atom. The molecule has 166 valence electrons. The molecule has 0 saturated heterocycles. The first-order valence-corrected chi connectivity index (χ1v) is 12.7. The van der Waals surface area contributed by atoms with Gasteiger partial charge in [0.25, 0.3) is 0 Å². The summed E-state index contributed by atoms with van der Waals surface area (Å²) in [5.41, 5.74) is 5.29. The Morgan fingerprint density at radius 2 is 1.35 bits per heavy atom. The molecule has 1 nitrogen and oxygen atoms in total. The monoisotopic (exact) mass is 416 g/mol. The molecule has 0 radical (unpaired) electrons. The van der Waals surface area contributed by atoms with E-state index in [9.17, 15) is 0 Å². The van der Waals surface area contributed by atoms with Crippen LogP contribution in [0.2, 0.25) is 0 Å². The van der Waals surface area contributed by atoms with E-state index in [1.807, 2.05) is 0 Å². The Hall–Kier alpha value is -2.02. The molecule has 1 heteroatoms. The second-order valence-electron chi connectivity index (χ2n) is 10.1. The summed E-state index contributed by atoms with van der Waals surface area (Å²) in [4.78, 5) is 0. The topological polar surface area (TPSA) is 9.23 Å². The summed E-state index contributed by atoms with van der Waals surface area (Å²) < 4.78 is 5.85. The third kappa shape index (κ3) is 5.08. The van der Waals surface area contributed by atoms with E-state index in [1.165, 1.54) is 75.3 Å². The standard InChI is InChI=1S/C30H40O/c1-3-5-6-7-8-24-31-28-15-11-26(12-16-28)25-9-13-27(14-10-25)30-21-18-29(17-4-2,19-22-30)20-23-30/h7-16H,3-6,17-24H2,1-2H3. The molecule has 2 aromatic carbocycles. The number of benzene rings is 2. The minimum atomic E-state index is 0.455. The molecule has 0 spiro atoms. The Balaban J connectivity index is 1.35. The summed E-state index contributed by atoms with van der Waals surface area (Å²) >= 11 is 0. The predicted octanol–water partition coefficient (Wildman–Crippen LogP) is 8.87. The van der Waals surface area contributed by atoms with Gasteiger partial charge in [-0.05, 0) is 91.0 Å². The predicted molar refractivity (Wildman–Crippen MR) is 133 cm³/mol. The fourth-order valence-electron chi connectivity index (χ4n) is 6.01. The van der Waals surface area contributed by atoms with Gasteiger partial charge in [0.2, 0.25) is 0 Å². The maximum Gasteiger partial charge on any atom is 0.119 e. The quantitative estimate of drug-likeness (QED) is 0.277. The van der Waals surface area contributed by atoms with Crippen molar-refractivity contribution in [2.75, 3.05) is 6.61 Å². The number of fused-ring (bicyclic) bond motifs is 3. The first-order chi connectivity index (χ1) is 15.2. The lowest BCUT2D eigenvalue weighted by Gasteiger charge is -2.54. The largest absolute Gasteiger partial charge is 0.490 e. The van der Waals surface area contributed by atoms with Crippen molar-refractivity contribution in [1.82, 2.24) is 0 Å². The van der Waals surface area contributed by atoms with Crippen LogP contribution in [0.3, 0.4) is 0 Å². The molecule has 3 aliphatic rings. The first-order valence-electron chi connectivity index (χ1n) is 12.7. The van der Waals surface area contributed by atoms with Gasteiger partial charge in [0.15, 0.2) is 0 Å². The normalized spacial score (nSPS) is 25.2. The van der Waals surface area contributed by atoms with Crippen molar-refractivity contribution in [3.8, 4) is 16.9 Å². The summed E-state index contributed by atoms with van der Waals surface area (Å²) in [7, 11) is 0. The van der Waals surface area contributed by atoms with E-state index < -0.39 is 0 Å². The molecule has 0 aromatic heterocycles. The third-order valence-corrected chi connectivity index (χ3v) is 8.10. The zero-order valence-electron chi connectivity index (χ0n) is 19.7. The van der Waals surface area contributed by atoms with Gasteiger partial charge >= 0.3 is 0 Å². The lowest BCUT2D eigenvalue weighted by molar-refractivity contribution is 0.0320. The number of allylic oxidation sites excluding steroid dienone is 1. The van der Waals surface area contributed by atoms with Gasteiger partial charge in [0, 0.05) is 0 Å². The van der Waals surface area contributed by atoms with Crippen molar-refractivity contribution < 1.29 is 4.74 Å². The number of hydrogen-bond acceptors (Lipinski definition) is 1. The van der Waals surface area contributed by atoms with Crippen LogP contribution in [0.15, 0.2) is 60.7 Å². The Morgan fingerprint density at radius 1 is 0.742 bits per heavy atom. The van der Waals surface area contributed by atoms with Gasteiger partial charge < -0.3 is 4.74 Å². The Labute approximate surface area is 189 Å². The molecule has 0 heterocycles. The average Bonchev–Trinajstić information content (AvgIpc) is 2.83. The van der Waals surface area contributed by atoms with Crippen LogP contribution < -0.4 is 4.74 Å². The highest BCUT2D eigenvalue weighted by Gasteiger charge is 2.48.